The maximum Gasteiger partial charge on any atom is 0.141 e. The molecular weight excluding hydrogens is 188 g/mol. The number of nitriles is 1. The summed E-state index contributed by atoms with van der Waals surface area (Å²) in [6.45, 7) is 3.76. The minimum absolute atomic E-state index is 0.646. The highest BCUT2D eigenvalue weighted by Crippen LogP contribution is 2.26. The van der Waals surface area contributed by atoms with Crippen LogP contribution < -0.4 is 0 Å². The van der Waals surface area contributed by atoms with Crippen molar-refractivity contribution in [2.75, 3.05) is 0 Å². The van der Waals surface area contributed by atoms with Gasteiger partial charge in [0.05, 0.1) is 17.3 Å². The molecule has 0 saturated carbocycles. The SMILES string of the molecule is Cc1noc(C)c1-c1cccc(C#N)c1. The molecule has 2 rings (SSSR count). The number of aryl methyl sites for hydroxylation is 2. The first-order valence-electron chi connectivity index (χ1n) is 4.66. The van der Waals surface area contributed by atoms with Gasteiger partial charge in [-0.25, -0.2) is 0 Å². The van der Waals surface area contributed by atoms with Gasteiger partial charge in [0.25, 0.3) is 0 Å². The number of hydrogen-bond donors (Lipinski definition) is 0. The van der Waals surface area contributed by atoms with Crippen molar-refractivity contribution in [2.24, 2.45) is 0 Å². The van der Waals surface area contributed by atoms with Crippen molar-refractivity contribution >= 4 is 0 Å². The van der Waals surface area contributed by atoms with Gasteiger partial charge in [-0.05, 0) is 31.5 Å². The van der Waals surface area contributed by atoms with Crippen LogP contribution in [-0.4, -0.2) is 5.16 Å². The first-order chi connectivity index (χ1) is 7.22. The third-order valence-electron chi connectivity index (χ3n) is 2.31. The summed E-state index contributed by atoms with van der Waals surface area (Å²) in [6.07, 6.45) is 0. The molecule has 3 nitrogen and oxygen atoms in total. The Hall–Kier alpha value is -2.08. The van der Waals surface area contributed by atoms with Gasteiger partial charge in [-0.1, -0.05) is 17.3 Å². The fourth-order valence-corrected chi connectivity index (χ4v) is 1.64. The molecule has 0 atom stereocenters. The van der Waals surface area contributed by atoms with Crippen LogP contribution in [-0.2, 0) is 0 Å². The van der Waals surface area contributed by atoms with Gasteiger partial charge in [0.15, 0.2) is 0 Å². The number of hydrogen-bond acceptors (Lipinski definition) is 3. The van der Waals surface area contributed by atoms with Crippen molar-refractivity contribution in [3.63, 3.8) is 0 Å². The van der Waals surface area contributed by atoms with Crippen LogP contribution in [0.2, 0.25) is 0 Å². The lowest BCUT2D eigenvalue weighted by Gasteiger charge is -1.99. The van der Waals surface area contributed by atoms with E-state index in [0.717, 1.165) is 22.6 Å². The molecule has 0 saturated heterocycles. The van der Waals surface area contributed by atoms with E-state index in [2.05, 4.69) is 11.2 Å². The molecule has 1 heterocycles. The topological polar surface area (TPSA) is 49.8 Å². The van der Waals surface area contributed by atoms with Crippen LogP contribution >= 0.6 is 0 Å². The zero-order valence-electron chi connectivity index (χ0n) is 8.61. The standard InChI is InChI=1S/C12H10N2O/c1-8-12(9(2)15-14-8)11-5-3-4-10(6-11)7-13/h3-6H,1-2H3. The Morgan fingerprint density at radius 3 is 2.73 bits per heavy atom. The van der Waals surface area contributed by atoms with Crippen LogP contribution in [0, 0.1) is 25.2 Å². The van der Waals surface area contributed by atoms with Crippen molar-refractivity contribution in [2.45, 2.75) is 13.8 Å². The van der Waals surface area contributed by atoms with E-state index >= 15 is 0 Å². The molecule has 0 N–H and O–H groups in total. The van der Waals surface area contributed by atoms with E-state index in [1.165, 1.54) is 0 Å². The van der Waals surface area contributed by atoms with Crippen LogP contribution in [0.15, 0.2) is 28.8 Å². The number of rotatable bonds is 1. The minimum atomic E-state index is 0.646. The van der Waals surface area contributed by atoms with E-state index < -0.39 is 0 Å². The Bertz CT molecular complexity index is 515. The van der Waals surface area contributed by atoms with Gasteiger partial charge in [-0.15, -0.1) is 0 Å². The lowest BCUT2D eigenvalue weighted by Crippen LogP contribution is -1.83. The monoisotopic (exact) mass is 198 g/mol. The van der Waals surface area contributed by atoms with Crippen LogP contribution in [0.25, 0.3) is 11.1 Å². The summed E-state index contributed by atoms with van der Waals surface area (Å²) >= 11 is 0. The van der Waals surface area contributed by atoms with Crippen molar-refractivity contribution in [3.05, 3.63) is 41.3 Å². The van der Waals surface area contributed by atoms with Gasteiger partial charge >= 0.3 is 0 Å². The third kappa shape index (κ3) is 1.62. The van der Waals surface area contributed by atoms with Gasteiger partial charge in [0, 0.05) is 5.56 Å². The van der Waals surface area contributed by atoms with E-state index in [0.29, 0.717) is 5.56 Å². The molecular formula is C12H10N2O. The fraction of sp³-hybridized carbons (Fsp3) is 0.167. The normalized spacial score (nSPS) is 9.93. The largest absolute Gasteiger partial charge is 0.361 e. The maximum atomic E-state index is 8.81. The summed E-state index contributed by atoms with van der Waals surface area (Å²) in [7, 11) is 0. The van der Waals surface area contributed by atoms with Gasteiger partial charge in [0.2, 0.25) is 0 Å². The Labute approximate surface area is 87.9 Å². The summed E-state index contributed by atoms with van der Waals surface area (Å²) in [5.41, 5.74) is 3.45. The van der Waals surface area contributed by atoms with E-state index in [4.69, 9.17) is 9.78 Å². The molecule has 74 valence electrons. The summed E-state index contributed by atoms with van der Waals surface area (Å²) in [6, 6.07) is 9.55. The van der Waals surface area contributed by atoms with Crippen molar-refractivity contribution in [1.82, 2.24) is 5.16 Å². The van der Waals surface area contributed by atoms with E-state index in [1.54, 1.807) is 6.07 Å². The second kappa shape index (κ2) is 3.58. The zero-order chi connectivity index (χ0) is 10.8. The fourth-order valence-electron chi connectivity index (χ4n) is 1.64. The van der Waals surface area contributed by atoms with Crippen LogP contribution in [0.4, 0.5) is 0 Å². The predicted molar refractivity (Wildman–Crippen MR) is 56.1 cm³/mol. The highest BCUT2D eigenvalue weighted by Gasteiger charge is 2.11. The minimum Gasteiger partial charge on any atom is -0.361 e. The lowest BCUT2D eigenvalue weighted by molar-refractivity contribution is 0.393. The average Bonchev–Trinajstić information content (AvgIpc) is 2.59. The summed E-state index contributed by atoms with van der Waals surface area (Å²) in [5.74, 6) is 0.780. The van der Waals surface area contributed by atoms with E-state index in [-0.39, 0.29) is 0 Å². The molecule has 15 heavy (non-hydrogen) atoms. The Kier molecular flexibility index (Phi) is 2.26. The Balaban J connectivity index is 2.60. The molecule has 0 spiro atoms. The average molecular weight is 198 g/mol. The Morgan fingerprint density at radius 1 is 1.33 bits per heavy atom. The molecule has 0 aliphatic rings. The summed E-state index contributed by atoms with van der Waals surface area (Å²) in [5, 5.41) is 12.7. The van der Waals surface area contributed by atoms with Gasteiger partial charge in [0.1, 0.15) is 5.76 Å². The van der Waals surface area contributed by atoms with E-state index in [9.17, 15) is 0 Å². The molecule has 3 heteroatoms. The second-order valence-electron chi connectivity index (χ2n) is 3.39. The highest BCUT2D eigenvalue weighted by atomic mass is 16.5. The highest BCUT2D eigenvalue weighted by molar-refractivity contribution is 5.68. The lowest BCUT2D eigenvalue weighted by atomic mass is 10.0. The molecule has 0 fully saturated rings. The molecule has 1 aromatic carbocycles. The van der Waals surface area contributed by atoms with Crippen molar-refractivity contribution in [3.8, 4) is 17.2 Å². The summed E-state index contributed by atoms with van der Waals surface area (Å²) < 4.78 is 5.09. The van der Waals surface area contributed by atoms with Gasteiger partial charge in [-0.3, -0.25) is 0 Å². The second-order valence-corrected chi connectivity index (χ2v) is 3.39. The van der Waals surface area contributed by atoms with Crippen LogP contribution in [0.1, 0.15) is 17.0 Å². The predicted octanol–water partition coefficient (Wildman–Crippen LogP) is 2.83. The molecule has 0 aliphatic carbocycles. The first kappa shape index (κ1) is 9.47. The smallest absolute Gasteiger partial charge is 0.141 e. The van der Waals surface area contributed by atoms with E-state index in [1.807, 2.05) is 32.0 Å². The van der Waals surface area contributed by atoms with Crippen LogP contribution in [0.3, 0.4) is 0 Å². The maximum absolute atomic E-state index is 8.81. The molecule has 0 radical (unpaired) electrons. The molecule has 0 bridgehead atoms. The molecule has 0 amide bonds. The number of nitrogens with zero attached hydrogens (tertiary/aromatic N) is 2. The summed E-state index contributed by atoms with van der Waals surface area (Å²) in [4.78, 5) is 0. The molecule has 0 unspecified atom stereocenters. The number of benzene rings is 1. The van der Waals surface area contributed by atoms with Crippen molar-refractivity contribution in [1.29, 1.82) is 5.26 Å². The molecule has 1 aromatic heterocycles. The third-order valence-corrected chi connectivity index (χ3v) is 2.31. The van der Waals surface area contributed by atoms with Crippen molar-refractivity contribution < 1.29 is 4.52 Å². The zero-order valence-corrected chi connectivity index (χ0v) is 8.61. The first-order valence-corrected chi connectivity index (χ1v) is 4.66. The number of aromatic nitrogens is 1. The molecule has 0 aliphatic heterocycles. The van der Waals surface area contributed by atoms with Crippen LogP contribution in [0.5, 0.6) is 0 Å². The Morgan fingerprint density at radius 2 is 2.13 bits per heavy atom. The quantitative estimate of drug-likeness (QED) is 0.707. The van der Waals surface area contributed by atoms with Gasteiger partial charge in [-0.2, -0.15) is 5.26 Å². The van der Waals surface area contributed by atoms with Gasteiger partial charge < -0.3 is 4.52 Å². The molecule has 2 aromatic rings.